The van der Waals surface area contributed by atoms with Gasteiger partial charge in [0.1, 0.15) is 0 Å². The van der Waals surface area contributed by atoms with Gasteiger partial charge in [-0.2, -0.15) is 0 Å². The first-order chi connectivity index (χ1) is 8.69. The van der Waals surface area contributed by atoms with E-state index in [-0.39, 0.29) is 12.0 Å². The third kappa shape index (κ3) is 4.21. The van der Waals surface area contributed by atoms with E-state index in [4.69, 9.17) is 5.73 Å². The normalized spacial score (nSPS) is 11.4. The third-order valence-corrected chi connectivity index (χ3v) is 2.77. The number of hydrogen-bond donors (Lipinski definition) is 1. The van der Waals surface area contributed by atoms with E-state index < -0.39 is 0 Å². The summed E-state index contributed by atoms with van der Waals surface area (Å²) in [5.74, 6) is -0.328. The van der Waals surface area contributed by atoms with Gasteiger partial charge < -0.3 is 10.5 Å². The Morgan fingerprint density at radius 2 is 2.17 bits per heavy atom. The number of benzene rings is 1. The van der Waals surface area contributed by atoms with Gasteiger partial charge in [0.05, 0.1) is 12.7 Å². The van der Waals surface area contributed by atoms with E-state index in [1.54, 1.807) is 12.1 Å². The smallest absolute Gasteiger partial charge is 0.337 e. The first-order valence-corrected chi connectivity index (χ1v) is 5.97. The highest BCUT2D eigenvalue weighted by Crippen LogP contribution is 2.17. The molecule has 1 aromatic rings. The molecule has 0 fully saturated rings. The summed E-state index contributed by atoms with van der Waals surface area (Å²) in [6.45, 7) is 3.51. The molecule has 18 heavy (non-hydrogen) atoms. The van der Waals surface area contributed by atoms with Crippen molar-refractivity contribution in [1.82, 2.24) is 0 Å². The number of hydrogen-bond acceptors (Lipinski definition) is 3. The fourth-order valence-electron chi connectivity index (χ4n) is 1.69. The summed E-state index contributed by atoms with van der Waals surface area (Å²) in [5, 5.41) is 0. The van der Waals surface area contributed by atoms with E-state index in [2.05, 4.69) is 17.0 Å². The second-order valence-electron chi connectivity index (χ2n) is 4.06. The highest BCUT2D eigenvalue weighted by Gasteiger charge is 2.08. The number of rotatable bonds is 6. The molecule has 96 valence electrons. The number of methoxy groups -OCH3 is 1. The maximum atomic E-state index is 11.3. The molecule has 0 aliphatic carbocycles. The van der Waals surface area contributed by atoms with E-state index >= 15 is 0 Å². The van der Waals surface area contributed by atoms with E-state index in [1.165, 1.54) is 7.11 Å². The number of ether oxygens (including phenoxy) is 1. The van der Waals surface area contributed by atoms with Crippen LogP contribution in [0.5, 0.6) is 0 Å². The van der Waals surface area contributed by atoms with E-state index in [1.807, 2.05) is 18.2 Å². The minimum atomic E-state index is -0.328. The van der Waals surface area contributed by atoms with E-state index in [0.717, 1.165) is 24.8 Å². The zero-order valence-electron chi connectivity index (χ0n) is 10.7. The van der Waals surface area contributed by atoms with Crippen molar-refractivity contribution in [3.63, 3.8) is 0 Å². The van der Waals surface area contributed by atoms with Gasteiger partial charge in [-0.25, -0.2) is 4.79 Å². The van der Waals surface area contributed by atoms with Crippen LogP contribution < -0.4 is 5.73 Å². The van der Waals surface area contributed by atoms with Crippen LogP contribution in [-0.2, 0) is 4.74 Å². The number of allylic oxidation sites excluding steroid dienone is 1. The lowest BCUT2D eigenvalue weighted by molar-refractivity contribution is 0.0600. The lowest BCUT2D eigenvalue weighted by atomic mass is 10.0. The Hall–Kier alpha value is -1.83. The van der Waals surface area contributed by atoms with Crippen molar-refractivity contribution in [1.29, 1.82) is 0 Å². The zero-order chi connectivity index (χ0) is 13.4. The van der Waals surface area contributed by atoms with Gasteiger partial charge >= 0.3 is 5.97 Å². The molecular weight excluding hydrogens is 226 g/mol. The standard InChI is InChI=1S/C15H19NO2/c1-3-4-5-6-7-14(16)12-8-10-13(11-9-12)15(17)18-2/h4,8-11,14H,1,5-7,16H2,2H3/t14-/m1/s1. The first kappa shape index (κ1) is 14.2. The Balaban J connectivity index is 2.56. The third-order valence-electron chi connectivity index (χ3n) is 2.77. The van der Waals surface area contributed by atoms with Crippen molar-refractivity contribution in [3.8, 4) is 0 Å². The fourth-order valence-corrected chi connectivity index (χ4v) is 1.69. The Labute approximate surface area is 108 Å². The quantitative estimate of drug-likeness (QED) is 0.476. The van der Waals surface area contributed by atoms with Gasteiger partial charge in [0, 0.05) is 6.04 Å². The van der Waals surface area contributed by atoms with Crippen molar-refractivity contribution in [2.75, 3.05) is 7.11 Å². The molecule has 0 spiro atoms. The lowest BCUT2D eigenvalue weighted by Crippen LogP contribution is -2.10. The summed E-state index contributed by atoms with van der Waals surface area (Å²) in [6.07, 6.45) is 4.75. The Kier molecular flexibility index (Phi) is 5.92. The van der Waals surface area contributed by atoms with Crippen molar-refractivity contribution in [3.05, 3.63) is 53.8 Å². The number of unbranched alkanes of at least 4 members (excludes halogenated alkanes) is 1. The monoisotopic (exact) mass is 245 g/mol. The van der Waals surface area contributed by atoms with Crippen LogP contribution in [-0.4, -0.2) is 13.1 Å². The molecule has 0 aliphatic rings. The van der Waals surface area contributed by atoms with Crippen LogP contribution in [0.2, 0.25) is 0 Å². The molecule has 0 amide bonds. The number of nitrogens with two attached hydrogens (primary N) is 1. The lowest BCUT2D eigenvalue weighted by Gasteiger charge is -2.11. The van der Waals surface area contributed by atoms with Crippen LogP contribution in [0.25, 0.3) is 0 Å². The Bertz CT molecular complexity index is 430. The molecule has 0 saturated heterocycles. The largest absolute Gasteiger partial charge is 0.465 e. The number of carbonyl (C=O) groups is 1. The molecule has 0 aliphatic heterocycles. The number of esters is 1. The zero-order valence-corrected chi connectivity index (χ0v) is 10.7. The minimum absolute atomic E-state index is 0.00471. The van der Waals surface area contributed by atoms with Crippen molar-refractivity contribution >= 4 is 5.97 Å². The molecule has 3 nitrogen and oxygen atoms in total. The second kappa shape index (κ2) is 7.49. The van der Waals surface area contributed by atoms with Crippen molar-refractivity contribution in [2.24, 2.45) is 5.73 Å². The highest BCUT2D eigenvalue weighted by atomic mass is 16.5. The van der Waals surface area contributed by atoms with Crippen LogP contribution >= 0.6 is 0 Å². The van der Waals surface area contributed by atoms with Gasteiger partial charge in [-0.1, -0.05) is 18.7 Å². The molecule has 0 radical (unpaired) electrons. The SMILES string of the molecule is C=C=CCCC[C@@H](N)c1ccc(C(=O)OC)cc1. The molecule has 3 heteroatoms. The van der Waals surface area contributed by atoms with Gasteiger partial charge in [0.15, 0.2) is 0 Å². The summed E-state index contributed by atoms with van der Waals surface area (Å²) in [7, 11) is 1.37. The average molecular weight is 245 g/mol. The van der Waals surface area contributed by atoms with Gasteiger partial charge in [0.2, 0.25) is 0 Å². The van der Waals surface area contributed by atoms with Gasteiger partial charge in [-0.15, -0.1) is 5.73 Å². The van der Waals surface area contributed by atoms with Gasteiger partial charge in [-0.05, 0) is 43.0 Å². The highest BCUT2D eigenvalue weighted by molar-refractivity contribution is 5.89. The molecule has 1 atom stereocenters. The topological polar surface area (TPSA) is 52.3 Å². The predicted molar refractivity (Wildman–Crippen MR) is 72.3 cm³/mol. The molecule has 0 saturated carbocycles. The molecule has 2 N–H and O–H groups in total. The second-order valence-corrected chi connectivity index (χ2v) is 4.06. The Morgan fingerprint density at radius 1 is 1.50 bits per heavy atom. The van der Waals surface area contributed by atoms with Crippen molar-refractivity contribution < 1.29 is 9.53 Å². The summed E-state index contributed by atoms with van der Waals surface area (Å²) in [4.78, 5) is 11.3. The molecule has 1 aromatic carbocycles. The van der Waals surface area contributed by atoms with Crippen LogP contribution in [0.15, 0.2) is 42.7 Å². The molecule has 0 heterocycles. The van der Waals surface area contributed by atoms with E-state index in [0.29, 0.717) is 5.56 Å². The summed E-state index contributed by atoms with van der Waals surface area (Å²) in [5.41, 5.74) is 10.4. The van der Waals surface area contributed by atoms with Crippen LogP contribution in [0.3, 0.4) is 0 Å². The first-order valence-electron chi connectivity index (χ1n) is 5.97. The molecule has 0 unspecified atom stereocenters. The summed E-state index contributed by atoms with van der Waals surface area (Å²) < 4.78 is 4.64. The van der Waals surface area contributed by atoms with Gasteiger partial charge in [0.25, 0.3) is 0 Å². The fraction of sp³-hybridized carbons (Fsp3) is 0.333. The molecule has 0 aromatic heterocycles. The van der Waals surface area contributed by atoms with Crippen LogP contribution in [0, 0.1) is 0 Å². The molecular formula is C15H19NO2. The van der Waals surface area contributed by atoms with Crippen molar-refractivity contribution in [2.45, 2.75) is 25.3 Å². The van der Waals surface area contributed by atoms with E-state index in [9.17, 15) is 4.79 Å². The average Bonchev–Trinajstić information content (AvgIpc) is 2.42. The molecule has 0 bridgehead atoms. The minimum Gasteiger partial charge on any atom is -0.465 e. The van der Waals surface area contributed by atoms with Crippen LogP contribution in [0.4, 0.5) is 0 Å². The number of carbonyl (C=O) groups excluding carboxylic acids is 1. The summed E-state index contributed by atoms with van der Waals surface area (Å²) >= 11 is 0. The predicted octanol–water partition coefficient (Wildman–Crippen LogP) is 2.98. The maximum absolute atomic E-state index is 11.3. The van der Waals surface area contributed by atoms with Crippen LogP contribution in [0.1, 0.15) is 41.2 Å². The summed E-state index contributed by atoms with van der Waals surface area (Å²) in [6, 6.07) is 7.23. The van der Waals surface area contributed by atoms with Gasteiger partial charge in [-0.3, -0.25) is 0 Å². The maximum Gasteiger partial charge on any atom is 0.337 e. The molecule has 1 rings (SSSR count). The Morgan fingerprint density at radius 3 is 2.72 bits per heavy atom.